The Bertz CT molecular complexity index is 982. The number of carbonyl (C=O) groups is 2. The maximum Gasteiger partial charge on any atom is 0.343 e. The number of hydrogen-bond donors (Lipinski definition) is 0. The van der Waals surface area contributed by atoms with E-state index < -0.39 is 11.9 Å². The quantitative estimate of drug-likeness (QED) is 0.263. The number of rotatable bonds is 10. The highest BCUT2D eigenvalue weighted by molar-refractivity contribution is 5.92. The minimum atomic E-state index is -0.504. The van der Waals surface area contributed by atoms with Crippen molar-refractivity contribution >= 4 is 11.9 Å². The zero-order valence-corrected chi connectivity index (χ0v) is 17.3. The van der Waals surface area contributed by atoms with E-state index in [-0.39, 0.29) is 13.2 Å². The lowest BCUT2D eigenvalue weighted by Crippen LogP contribution is -2.12. The molecule has 0 N–H and O–H groups in total. The van der Waals surface area contributed by atoms with Crippen molar-refractivity contribution in [3.63, 3.8) is 0 Å². The summed E-state index contributed by atoms with van der Waals surface area (Å²) in [6, 6.07) is 22.3. The van der Waals surface area contributed by atoms with Crippen molar-refractivity contribution in [2.75, 3.05) is 19.8 Å². The Morgan fingerprint density at radius 2 is 1.35 bits per heavy atom. The first-order chi connectivity index (χ1) is 15.2. The molecule has 160 valence electrons. The summed E-state index contributed by atoms with van der Waals surface area (Å²) in [5.41, 5.74) is 0.741. The second-order valence-corrected chi connectivity index (χ2v) is 6.59. The van der Waals surface area contributed by atoms with Gasteiger partial charge in [0.2, 0.25) is 0 Å². The average Bonchev–Trinajstić information content (AvgIpc) is 2.81. The van der Waals surface area contributed by atoms with Crippen LogP contribution in [0.2, 0.25) is 0 Å². The fourth-order valence-electron chi connectivity index (χ4n) is 2.65. The Labute approximate surface area is 181 Å². The summed E-state index contributed by atoms with van der Waals surface area (Å²) >= 11 is 0. The van der Waals surface area contributed by atoms with E-state index in [1.54, 1.807) is 48.5 Å². The molecule has 0 aliphatic rings. The molecule has 31 heavy (non-hydrogen) atoms. The molecule has 0 bridgehead atoms. The van der Waals surface area contributed by atoms with Gasteiger partial charge in [0, 0.05) is 0 Å². The smallest absolute Gasteiger partial charge is 0.343 e. The third kappa shape index (κ3) is 6.89. The molecule has 0 aliphatic heterocycles. The van der Waals surface area contributed by atoms with Crippen LogP contribution in [0.25, 0.3) is 0 Å². The van der Waals surface area contributed by atoms with Gasteiger partial charge >= 0.3 is 11.9 Å². The van der Waals surface area contributed by atoms with E-state index in [2.05, 4.69) is 0 Å². The number of para-hydroxylation sites is 1. The summed E-state index contributed by atoms with van der Waals surface area (Å²) in [4.78, 5) is 24.5. The van der Waals surface area contributed by atoms with Crippen LogP contribution in [0.3, 0.4) is 0 Å². The van der Waals surface area contributed by atoms with Crippen LogP contribution >= 0.6 is 0 Å². The third-order valence-corrected chi connectivity index (χ3v) is 4.17. The molecule has 0 atom stereocenters. The Kier molecular flexibility index (Phi) is 8.05. The molecule has 6 heteroatoms. The van der Waals surface area contributed by atoms with Crippen molar-refractivity contribution in [3.8, 4) is 17.2 Å². The van der Waals surface area contributed by atoms with Crippen LogP contribution < -0.4 is 14.2 Å². The molecule has 0 fully saturated rings. The van der Waals surface area contributed by atoms with Crippen molar-refractivity contribution in [2.24, 2.45) is 0 Å². The fourth-order valence-corrected chi connectivity index (χ4v) is 2.65. The van der Waals surface area contributed by atoms with Gasteiger partial charge in [-0.15, -0.1) is 0 Å². The molecule has 0 radical (unpaired) electrons. The molecule has 3 rings (SSSR count). The fraction of sp³-hybridized carbons (Fsp3) is 0.200. The van der Waals surface area contributed by atoms with E-state index in [0.717, 1.165) is 6.42 Å². The topological polar surface area (TPSA) is 71.1 Å². The predicted molar refractivity (Wildman–Crippen MR) is 116 cm³/mol. The Hall–Kier alpha value is -3.80. The maximum atomic E-state index is 12.4. The van der Waals surface area contributed by atoms with Crippen LogP contribution in [0.15, 0.2) is 78.9 Å². The van der Waals surface area contributed by atoms with Crippen LogP contribution in [-0.2, 0) is 4.74 Å². The minimum Gasteiger partial charge on any atom is -0.494 e. The summed E-state index contributed by atoms with van der Waals surface area (Å²) in [5, 5.41) is 0. The molecular formula is C25H24O6. The predicted octanol–water partition coefficient (Wildman–Crippen LogP) is 4.93. The van der Waals surface area contributed by atoms with E-state index in [4.69, 9.17) is 18.9 Å². The first kappa shape index (κ1) is 21.9. The molecule has 0 spiro atoms. The van der Waals surface area contributed by atoms with Gasteiger partial charge in [0.05, 0.1) is 17.7 Å². The van der Waals surface area contributed by atoms with Crippen molar-refractivity contribution in [1.29, 1.82) is 0 Å². The Morgan fingerprint density at radius 1 is 0.645 bits per heavy atom. The van der Waals surface area contributed by atoms with E-state index in [1.807, 2.05) is 37.3 Å². The first-order valence-corrected chi connectivity index (χ1v) is 10.1. The Morgan fingerprint density at radius 3 is 2.10 bits per heavy atom. The van der Waals surface area contributed by atoms with Gasteiger partial charge < -0.3 is 18.9 Å². The van der Waals surface area contributed by atoms with E-state index >= 15 is 0 Å². The molecular weight excluding hydrogens is 396 g/mol. The zero-order chi connectivity index (χ0) is 21.9. The normalized spacial score (nSPS) is 10.2. The van der Waals surface area contributed by atoms with Crippen LogP contribution in [0.5, 0.6) is 17.2 Å². The molecule has 3 aromatic carbocycles. The van der Waals surface area contributed by atoms with Gasteiger partial charge in [0.1, 0.15) is 30.5 Å². The second kappa shape index (κ2) is 11.4. The zero-order valence-electron chi connectivity index (χ0n) is 17.3. The van der Waals surface area contributed by atoms with Gasteiger partial charge in [-0.3, -0.25) is 0 Å². The van der Waals surface area contributed by atoms with Gasteiger partial charge in [-0.05, 0) is 61.0 Å². The van der Waals surface area contributed by atoms with Gasteiger partial charge in [0.25, 0.3) is 0 Å². The average molecular weight is 420 g/mol. The molecule has 0 amide bonds. The third-order valence-electron chi connectivity index (χ3n) is 4.17. The number of benzene rings is 3. The van der Waals surface area contributed by atoms with Crippen molar-refractivity contribution in [2.45, 2.75) is 13.3 Å². The highest BCUT2D eigenvalue weighted by Crippen LogP contribution is 2.18. The highest BCUT2D eigenvalue weighted by atomic mass is 16.6. The van der Waals surface area contributed by atoms with Gasteiger partial charge in [0.15, 0.2) is 0 Å². The standard InChI is InChI=1S/C25H24O6/c1-2-15-28-23-10-6-7-20(18-23)25(27)31-22-13-11-19(12-14-22)24(26)30-17-16-29-21-8-4-3-5-9-21/h3-14,18H,2,15-17H2,1H3. The van der Waals surface area contributed by atoms with Crippen LogP contribution in [0, 0.1) is 0 Å². The van der Waals surface area contributed by atoms with Crippen molar-refractivity contribution in [1.82, 2.24) is 0 Å². The summed E-state index contributed by atoms with van der Waals surface area (Å²) in [7, 11) is 0. The van der Waals surface area contributed by atoms with Gasteiger partial charge in [-0.1, -0.05) is 31.2 Å². The first-order valence-electron chi connectivity index (χ1n) is 10.1. The lowest BCUT2D eigenvalue weighted by Gasteiger charge is -2.09. The number of carbonyl (C=O) groups excluding carboxylic acids is 2. The van der Waals surface area contributed by atoms with Crippen LogP contribution in [0.4, 0.5) is 0 Å². The molecule has 0 saturated carbocycles. The SMILES string of the molecule is CCCOc1cccc(C(=O)Oc2ccc(C(=O)OCCOc3ccccc3)cc2)c1. The molecule has 3 aromatic rings. The summed E-state index contributed by atoms with van der Waals surface area (Å²) in [6.45, 7) is 2.97. The summed E-state index contributed by atoms with van der Waals surface area (Å²) in [5.74, 6) is 0.678. The number of hydrogen-bond acceptors (Lipinski definition) is 6. The molecule has 0 aromatic heterocycles. The summed E-state index contributed by atoms with van der Waals surface area (Å²) in [6.07, 6.45) is 0.878. The monoisotopic (exact) mass is 420 g/mol. The van der Waals surface area contributed by atoms with Gasteiger partial charge in [-0.2, -0.15) is 0 Å². The van der Waals surface area contributed by atoms with Crippen molar-refractivity contribution in [3.05, 3.63) is 90.0 Å². The van der Waals surface area contributed by atoms with E-state index in [1.165, 1.54) is 0 Å². The van der Waals surface area contributed by atoms with Gasteiger partial charge in [-0.25, -0.2) is 9.59 Å². The molecule has 0 saturated heterocycles. The molecule has 0 heterocycles. The lowest BCUT2D eigenvalue weighted by molar-refractivity contribution is 0.0450. The molecule has 0 unspecified atom stereocenters. The lowest BCUT2D eigenvalue weighted by atomic mass is 10.2. The van der Waals surface area contributed by atoms with Crippen LogP contribution in [0.1, 0.15) is 34.1 Å². The maximum absolute atomic E-state index is 12.4. The number of esters is 2. The highest BCUT2D eigenvalue weighted by Gasteiger charge is 2.12. The summed E-state index contributed by atoms with van der Waals surface area (Å²) < 4.78 is 21.6. The van der Waals surface area contributed by atoms with E-state index in [0.29, 0.717) is 35.0 Å². The Balaban J connectivity index is 1.48. The van der Waals surface area contributed by atoms with E-state index in [9.17, 15) is 9.59 Å². The largest absolute Gasteiger partial charge is 0.494 e. The minimum absolute atomic E-state index is 0.126. The molecule has 6 nitrogen and oxygen atoms in total. The second-order valence-electron chi connectivity index (χ2n) is 6.59. The molecule has 0 aliphatic carbocycles. The van der Waals surface area contributed by atoms with Crippen molar-refractivity contribution < 1.29 is 28.5 Å². The van der Waals surface area contributed by atoms with Crippen LogP contribution in [-0.4, -0.2) is 31.8 Å². The number of ether oxygens (including phenoxy) is 4.